The Morgan fingerprint density at radius 2 is 2.04 bits per heavy atom. The smallest absolute Gasteiger partial charge is 0.287 e. The minimum atomic E-state index is -0.320. The molecule has 1 amide bonds. The quantitative estimate of drug-likeness (QED) is 0.477. The lowest BCUT2D eigenvalue weighted by Gasteiger charge is -2.24. The molecule has 0 spiro atoms. The van der Waals surface area contributed by atoms with Crippen LogP contribution in [0.25, 0.3) is 11.3 Å². The number of rotatable bonds is 4. The van der Waals surface area contributed by atoms with Crippen molar-refractivity contribution in [1.29, 1.82) is 0 Å². The molecule has 2 aliphatic carbocycles. The second kappa shape index (κ2) is 7.56. The number of hydrazine groups is 1. The van der Waals surface area contributed by atoms with E-state index in [9.17, 15) is 4.79 Å². The van der Waals surface area contributed by atoms with Crippen molar-refractivity contribution >= 4 is 23.2 Å². The van der Waals surface area contributed by atoms with Crippen molar-refractivity contribution < 1.29 is 9.53 Å². The molecular weight excluding hydrogens is 362 g/mol. The number of carbonyl (C=O) groups is 1. The second-order valence-electron chi connectivity index (χ2n) is 7.23. The maximum atomic E-state index is 12.3. The predicted molar refractivity (Wildman–Crippen MR) is 106 cm³/mol. The van der Waals surface area contributed by atoms with E-state index in [-0.39, 0.29) is 5.91 Å². The summed E-state index contributed by atoms with van der Waals surface area (Å²) in [7, 11) is 1.62. The first-order chi connectivity index (χ1) is 13.1. The van der Waals surface area contributed by atoms with Gasteiger partial charge in [0, 0.05) is 11.6 Å². The van der Waals surface area contributed by atoms with E-state index in [1.165, 1.54) is 25.7 Å². The lowest BCUT2D eigenvalue weighted by molar-refractivity contribution is 0.0938. The Morgan fingerprint density at radius 3 is 2.70 bits per heavy atom. The van der Waals surface area contributed by atoms with Gasteiger partial charge in [-0.25, -0.2) is 0 Å². The van der Waals surface area contributed by atoms with Gasteiger partial charge in [-0.05, 0) is 73.6 Å². The van der Waals surface area contributed by atoms with Crippen molar-refractivity contribution in [2.24, 2.45) is 11.8 Å². The van der Waals surface area contributed by atoms with Gasteiger partial charge in [0.15, 0.2) is 5.11 Å². The maximum Gasteiger partial charge on any atom is 0.287 e. The van der Waals surface area contributed by atoms with E-state index >= 15 is 0 Å². The molecule has 0 radical (unpaired) electrons. The summed E-state index contributed by atoms with van der Waals surface area (Å²) < 4.78 is 5.15. The van der Waals surface area contributed by atoms with Gasteiger partial charge in [0.1, 0.15) is 11.4 Å². The molecular formula is C19H23N5O2S. The fourth-order valence-corrected chi connectivity index (χ4v) is 4.36. The summed E-state index contributed by atoms with van der Waals surface area (Å²) in [6.45, 7) is 0. The van der Waals surface area contributed by atoms with E-state index in [2.05, 4.69) is 26.4 Å². The first kappa shape index (κ1) is 17.8. The summed E-state index contributed by atoms with van der Waals surface area (Å²) in [5, 5.41) is 10.7. The number of hydrogen-bond acceptors (Lipinski definition) is 4. The Bertz CT molecular complexity index is 835. The standard InChI is InChI=1S/C19H23N5O2S/c1-26-14-6-4-12(5-7-14)16-10-17(22-21-16)18(25)23-24-19(27)20-15-9-11-2-3-13(15)8-11/h4-7,10-11,13,15H,2-3,8-9H2,1H3,(H,21,22)(H,23,25)(H2,20,24,27)/t11-,13-,15-/m1/s1. The first-order valence-corrected chi connectivity index (χ1v) is 9.60. The van der Waals surface area contributed by atoms with Gasteiger partial charge >= 0.3 is 0 Å². The van der Waals surface area contributed by atoms with Gasteiger partial charge in [-0.1, -0.05) is 6.42 Å². The average molecular weight is 385 g/mol. The van der Waals surface area contributed by atoms with E-state index in [0.29, 0.717) is 28.5 Å². The van der Waals surface area contributed by atoms with Crippen molar-refractivity contribution in [2.45, 2.75) is 31.7 Å². The number of amides is 1. The molecule has 8 heteroatoms. The molecule has 2 saturated carbocycles. The van der Waals surface area contributed by atoms with Gasteiger partial charge in [-0.15, -0.1) is 0 Å². The first-order valence-electron chi connectivity index (χ1n) is 9.19. The summed E-state index contributed by atoms with van der Waals surface area (Å²) >= 11 is 5.31. The normalized spacial score (nSPS) is 23.1. The van der Waals surface area contributed by atoms with Gasteiger partial charge in [0.25, 0.3) is 5.91 Å². The zero-order chi connectivity index (χ0) is 18.8. The molecule has 2 aromatic rings. The zero-order valence-corrected chi connectivity index (χ0v) is 15.9. The van der Waals surface area contributed by atoms with Crippen LogP contribution in [0.2, 0.25) is 0 Å². The number of benzene rings is 1. The zero-order valence-electron chi connectivity index (χ0n) is 15.1. The third kappa shape index (κ3) is 3.90. The summed E-state index contributed by atoms with van der Waals surface area (Å²) in [5.41, 5.74) is 7.34. The number of ether oxygens (including phenoxy) is 1. The van der Waals surface area contributed by atoms with Crippen molar-refractivity contribution in [1.82, 2.24) is 26.4 Å². The lowest BCUT2D eigenvalue weighted by atomic mass is 9.96. The Balaban J connectivity index is 1.29. The molecule has 7 nitrogen and oxygen atoms in total. The minimum Gasteiger partial charge on any atom is -0.497 e. The topological polar surface area (TPSA) is 91.1 Å². The number of nitrogens with zero attached hydrogens (tertiary/aromatic N) is 1. The fourth-order valence-electron chi connectivity index (χ4n) is 4.15. The van der Waals surface area contributed by atoms with E-state index in [4.69, 9.17) is 17.0 Å². The lowest BCUT2D eigenvalue weighted by Crippen LogP contribution is -2.50. The predicted octanol–water partition coefficient (Wildman–Crippen LogP) is 2.38. The van der Waals surface area contributed by atoms with Crippen LogP contribution in [-0.4, -0.2) is 34.4 Å². The molecule has 1 heterocycles. The molecule has 27 heavy (non-hydrogen) atoms. The minimum absolute atomic E-state index is 0.320. The SMILES string of the molecule is COc1ccc(-c2cc(C(=O)NNC(=S)N[C@@H]3C[C@@H]4CC[C@@H]3C4)[nH]n2)cc1. The van der Waals surface area contributed by atoms with Crippen molar-refractivity contribution in [2.75, 3.05) is 7.11 Å². The average Bonchev–Trinajstić information content (AvgIpc) is 3.43. The molecule has 2 aliphatic rings. The maximum absolute atomic E-state index is 12.3. The van der Waals surface area contributed by atoms with Gasteiger partial charge < -0.3 is 10.1 Å². The summed E-state index contributed by atoms with van der Waals surface area (Å²) in [6.07, 6.45) is 5.09. The second-order valence-corrected chi connectivity index (χ2v) is 7.64. The number of fused-ring (bicyclic) bond motifs is 2. The van der Waals surface area contributed by atoms with Crippen LogP contribution in [0.1, 0.15) is 36.2 Å². The van der Waals surface area contributed by atoms with Crippen LogP contribution in [0.5, 0.6) is 5.75 Å². The third-order valence-corrected chi connectivity index (χ3v) is 5.77. The Hall–Kier alpha value is -2.61. The van der Waals surface area contributed by atoms with Crippen molar-refractivity contribution in [3.63, 3.8) is 0 Å². The number of nitrogens with one attached hydrogen (secondary N) is 4. The molecule has 1 aromatic carbocycles. The van der Waals surface area contributed by atoms with Crippen LogP contribution >= 0.6 is 12.2 Å². The highest BCUT2D eigenvalue weighted by Gasteiger charge is 2.39. The molecule has 4 rings (SSSR count). The highest BCUT2D eigenvalue weighted by atomic mass is 32.1. The van der Waals surface area contributed by atoms with E-state index < -0.39 is 0 Å². The molecule has 2 fully saturated rings. The number of aromatic amines is 1. The Kier molecular flexibility index (Phi) is 4.98. The van der Waals surface area contributed by atoms with Gasteiger partial charge in [0.05, 0.1) is 12.8 Å². The molecule has 1 aromatic heterocycles. The van der Waals surface area contributed by atoms with Crippen LogP contribution in [0, 0.1) is 11.8 Å². The van der Waals surface area contributed by atoms with Gasteiger partial charge in [0.2, 0.25) is 0 Å². The molecule has 142 valence electrons. The molecule has 0 unspecified atom stereocenters. The van der Waals surface area contributed by atoms with Crippen molar-refractivity contribution in [3.05, 3.63) is 36.0 Å². The number of thiocarbonyl (C=S) groups is 1. The van der Waals surface area contributed by atoms with E-state index in [1.807, 2.05) is 24.3 Å². The Labute approximate surface area is 163 Å². The molecule has 3 atom stereocenters. The Morgan fingerprint density at radius 1 is 1.22 bits per heavy atom. The number of carbonyl (C=O) groups excluding carboxylic acids is 1. The molecule has 2 bridgehead atoms. The number of methoxy groups -OCH3 is 1. The number of aromatic nitrogens is 2. The van der Waals surface area contributed by atoms with Crippen LogP contribution in [0.4, 0.5) is 0 Å². The van der Waals surface area contributed by atoms with Gasteiger partial charge in [-0.2, -0.15) is 5.10 Å². The van der Waals surface area contributed by atoms with Crippen LogP contribution in [-0.2, 0) is 0 Å². The van der Waals surface area contributed by atoms with E-state index in [0.717, 1.165) is 17.2 Å². The van der Waals surface area contributed by atoms with Crippen LogP contribution < -0.4 is 20.9 Å². The number of hydrogen-bond donors (Lipinski definition) is 4. The molecule has 4 N–H and O–H groups in total. The van der Waals surface area contributed by atoms with Crippen LogP contribution in [0.15, 0.2) is 30.3 Å². The van der Waals surface area contributed by atoms with Crippen molar-refractivity contribution in [3.8, 4) is 17.0 Å². The molecule has 0 saturated heterocycles. The molecule has 0 aliphatic heterocycles. The fraction of sp³-hybridized carbons (Fsp3) is 0.421. The summed E-state index contributed by atoms with van der Waals surface area (Å²) in [6, 6.07) is 9.61. The van der Waals surface area contributed by atoms with Gasteiger partial charge in [-0.3, -0.25) is 20.7 Å². The third-order valence-electron chi connectivity index (χ3n) is 5.55. The highest BCUT2D eigenvalue weighted by Crippen LogP contribution is 2.44. The summed E-state index contributed by atoms with van der Waals surface area (Å²) in [5.74, 6) is 2.00. The largest absolute Gasteiger partial charge is 0.497 e. The van der Waals surface area contributed by atoms with Crippen LogP contribution in [0.3, 0.4) is 0 Å². The van der Waals surface area contributed by atoms with E-state index in [1.54, 1.807) is 13.2 Å². The monoisotopic (exact) mass is 385 g/mol. The highest BCUT2D eigenvalue weighted by molar-refractivity contribution is 7.80. The summed E-state index contributed by atoms with van der Waals surface area (Å²) in [4.78, 5) is 12.3. The number of H-pyrrole nitrogens is 1.